The van der Waals surface area contributed by atoms with Crippen LogP contribution in [0.15, 0.2) is 42.9 Å². The maximum Gasteiger partial charge on any atom is 0.215 e. The molecular weight excluding hydrogens is 352 g/mol. The summed E-state index contributed by atoms with van der Waals surface area (Å²) >= 11 is 0. The van der Waals surface area contributed by atoms with E-state index in [9.17, 15) is 0 Å². The fourth-order valence-electron chi connectivity index (χ4n) is 3.48. The molecule has 7 nitrogen and oxygen atoms in total. The maximum absolute atomic E-state index is 9.12. The molecule has 0 aliphatic heterocycles. The maximum atomic E-state index is 9.12. The number of nitriles is 1. The van der Waals surface area contributed by atoms with Crippen molar-refractivity contribution < 1.29 is 4.74 Å². The van der Waals surface area contributed by atoms with E-state index in [1.54, 1.807) is 17.1 Å². The van der Waals surface area contributed by atoms with Gasteiger partial charge in [-0.25, -0.2) is 4.98 Å². The zero-order valence-corrected chi connectivity index (χ0v) is 15.5. The molecule has 1 aliphatic rings. The molecule has 0 fully saturated rings. The number of nitrogens with zero attached hydrogens (tertiary/aromatic N) is 4. The minimum atomic E-state index is -0.0962. The number of aromatic nitrogens is 3. The molecule has 1 unspecified atom stereocenters. The first-order valence-electron chi connectivity index (χ1n) is 9.12. The number of fused-ring (bicyclic) bond motifs is 1. The van der Waals surface area contributed by atoms with Crippen LogP contribution in [0.3, 0.4) is 0 Å². The molecule has 1 atom stereocenters. The SMILES string of the molecule is Cn1cc(Nc2cc(OC3CCCc4cc(C#N)ccc43)ncc2C=N)cn1. The Morgan fingerprint density at radius 3 is 3.00 bits per heavy atom. The molecule has 7 heteroatoms. The van der Waals surface area contributed by atoms with E-state index in [-0.39, 0.29) is 6.10 Å². The van der Waals surface area contributed by atoms with Crippen LogP contribution in [0.1, 0.15) is 41.2 Å². The van der Waals surface area contributed by atoms with E-state index < -0.39 is 0 Å². The van der Waals surface area contributed by atoms with Gasteiger partial charge in [0, 0.05) is 37.3 Å². The molecule has 2 N–H and O–H groups in total. The van der Waals surface area contributed by atoms with Crippen LogP contribution < -0.4 is 10.1 Å². The zero-order valence-electron chi connectivity index (χ0n) is 15.5. The van der Waals surface area contributed by atoms with Crippen LogP contribution in [-0.2, 0) is 13.5 Å². The van der Waals surface area contributed by atoms with Crippen molar-refractivity contribution in [3.63, 3.8) is 0 Å². The Morgan fingerprint density at radius 2 is 2.25 bits per heavy atom. The quantitative estimate of drug-likeness (QED) is 0.662. The number of aryl methyl sites for hydroxylation is 2. The van der Waals surface area contributed by atoms with Crippen molar-refractivity contribution in [3.8, 4) is 11.9 Å². The van der Waals surface area contributed by atoms with E-state index in [1.165, 1.54) is 11.8 Å². The largest absolute Gasteiger partial charge is 0.469 e. The summed E-state index contributed by atoms with van der Waals surface area (Å²) in [5, 5.41) is 24.2. The molecule has 0 amide bonds. The van der Waals surface area contributed by atoms with Crippen LogP contribution in [0.25, 0.3) is 0 Å². The first-order chi connectivity index (χ1) is 13.7. The number of hydrogen-bond acceptors (Lipinski definition) is 6. The van der Waals surface area contributed by atoms with Gasteiger partial charge >= 0.3 is 0 Å². The Balaban J connectivity index is 1.60. The predicted octanol–water partition coefficient (Wildman–Crippen LogP) is 3.88. The normalized spacial score (nSPS) is 15.4. The summed E-state index contributed by atoms with van der Waals surface area (Å²) in [6, 6.07) is 9.78. The molecule has 1 aliphatic carbocycles. The number of benzene rings is 1. The Kier molecular flexibility index (Phi) is 4.77. The van der Waals surface area contributed by atoms with E-state index in [1.807, 2.05) is 37.5 Å². The van der Waals surface area contributed by atoms with E-state index in [4.69, 9.17) is 15.4 Å². The fourth-order valence-corrected chi connectivity index (χ4v) is 3.48. The standard InChI is InChI=1S/C21H20N6O/c1-27-13-17(12-25-27)26-19-8-21(24-11-16(19)10-23)28-20-4-2-3-15-7-14(9-22)5-6-18(15)20/h5-8,10-13,20,23H,2-4H2,1H3,(H,24,26). The summed E-state index contributed by atoms with van der Waals surface area (Å²) in [7, 11) is 1.85. The molecule has 0 radical (unpaired) electrons. The Morgan fingerprint density at radius 1 is 1.36 bits per heavy atom. The molecule has 3 aromatic rings. The summed E-state index contributed by atoms with van der Waals surface area (Å²) in [5.74, 6) is 0.499. The molecule has 0 bridgehead atoms. The van der Waals surface area contributed by atoms with Crippen molar-refractivity contribution in [2.45, 2.75) is 25.4 Å². The first-order valence-corrected chi connectivity index (χ1v) is 9.12. The van der Waals surface area contributed by atoms with Gasteiger partial charge in [-0.1, -0.05) is 6.07 Å². The highest BCUT2D eigenvalue weighted by Crippen LogP contribution is 2.34. The minimum Gasteiger partial charge on any atom is -0.469 e. The molecule has 1 aromatic carbocycles. The van der Waals surface area contributed by atoms with Crippen LogP contribution in [0.5, 0.6) is 5.88 Å². The van der Waals surface area contributed by atoms with Crippen molar-refractivity contribution in [1.29, 1.82) is 10.7 Å². The second kappa shape index (κ2) is 7.53. The van der Waals surface area contributed by atoms with Gasteiger partial charge in [-0.2, -0.15) is 10.4 Å². The second-order valence-electron chi connectivity index (χ2n) is 6.81. The van der Waals surface area contributed by atoms with E-state index in [0.717, 1.165) is 36.2 Å². The number of hydrogen-bond donors (Lipinski definition) is 2. The minimum absolute atomic E-state index is 0.0962. The van der Waals surface area contributed by atoms with Crippen LogP contribution in [-0.4, -0.2) is 21.0 Å². The number of nitrogens with one attached hydrogen (secondary N) is 2. The van der Waals surface area contributed by atoms with Gasteiger partial charge in [-0.3, -0.25) is 4.68 Å². The summed E-state index contributed by atoms with van der Waals surface area (Å²) < 4.78 is 7.92. The van der Waals surface area contributed by atoms with Crippen molar-refractivity contribution in [1.82, 2.24) is 14.8 Å². The van der Waals surface area contributed by atoms with Gasteiger partial charge in [0.1, 0.15) is 6.10 Å². The molecule has 0 saturated carbocycles. The van der Waals surface area contributed by atoms with Gasteiger partial charge < -0.3 is 15.5 Å². The third-order valence-electron chi connectivity index (χ3n) is 4.84. The molecule has 2 heterocycles. The Labute approximate surface area is 163 Å². The van der Waals surface area contributed by atoms with Crippen LogP contribution >= 0.6 is 0 Å². The lowest BCUT2D eigenvalue weighted by atomic mass is 9.88. The van der Waals surface area contributed by atoms with Gasteiger partial charge in [0.05, 0.1) is 29.2 Å². The topological polar surface area (TPSA) is 99.6 Å². The third-order valence-corrected chi connectivity index (χ3v) is 4.84. The number of rotatable bonds is 5. The molecule has 4 rings (SSSR count). The monoisotopic (exact) mass is 372 g/mol. The van der Waals surface area contributed by atoms with Crippen molar-refractivity contribution in [2.24, 2.45) is 7.05 Å². The van der Waals surface area contributed by atoms with Gasteiger partial charge in [-0.15, -0.1) is 0 Å². The van der Waals surface area contributed by atoms with Crippen LogP contribution in [0, 0.1) is 16.7 Å². The van der Waals surface area contributed by atoms with E-state index >= 15 is 0 Å². The van der Waals surface area contributed by atoms with Gasteiger partial charge in [0.15, 0.2) is 0 Å². The summed E-state index contributed by atoms with van der Waals surface area (Å²) in [6.07, 6.45) is 9.24. The third kappa shape index (κ3) is 3.58. The number of anilines is 2. The lowest BCUT2D eigenvalue weighted by Gasteiger charge is -2.26. The van der Waals surface area contributed by atoms with Crippen molar-refractivity contribution >= 4 is 17.6 Å². The molecule has 140 valence electrons. The molecule has 0 spiro atoms. The lowest BCUT2D eigenvalue weighted by Crippen LogP contribution is -2.16. The first kappa shape index (κ1) is 17.7. The smallest absolute Gasteiger partial charge is 0.215 e. The highest BCUT2D eigenvalue weighted by molar-refractivity contribution is 5.87. The Hall–Kier alpha value is -3.66. The van der Waals surface area contributed by atoms with Crippen LogP contribution in [0.2, 0.25) is 0 Å². The van der Waals surface area contributed by atoms with E-state index in [0.29, 0.717) is 17.0 Å². The van der Waals surface area contributed by atoms with E-state index in [2.05, 4.69) is 21.5 Å². The number of pyridine rings is 1. The average Bonchev–Trinajstić information content (AvgIpc) is 3.12. The van der Waals surface area contributed by atoms with Crippen molar-refractivity contribution in [2.75, 3.05) is 5.32 Å². The van der Waals surface area contributed by atoms with Crippen molar-refractivity contribution in [3.05, 3.63) is 65.1 Å². The fraction of sp³-hybridized carbons (Fsp3) is 0.238. The Bertz CT molecular complexity index is 1060. The molecule has 28 heavy (non-hydrogen) atoms. The van der Waals surface area contributed by atoms with Crippen LogP contribution in [0.4, 0.5) is 11.4 Å². The second-order valence-corrected chi connectivity index (χ2v) is 6.81. The predicted molar refractivity (Wildman–Crippen MR) is 106 cm³/mol. The zero-order chi connectivity index (χ0) is 19.5. The molecule has 2 aromatic heterocycles. The average molecular weight is 372 g/mol. The molecular formula is C21H20N6O. The highest BCUT2D eigenvalue weighted by atomic mass is 16.5. The summed E-state index contributed by atoms with van der Waals surface area (Å²) in [6.45, 7) is 0. The van der Waals surface area contributed by atoms with Gasteiger partial charge in [0.2, 0.25) is 5.88 Å². The highest BCUT2D eigenvalue weighted by Gasteiger charge is 2.23. The lowest BCUT2D eigenvalue weighted by molar-refractivity contribution is 0.176. The number of ether oxygens (including phenoxy) is 1. The summed E-state index contributed by atoms with van der Waals surface area (Å²) in [5.41, 5.74) is 5.19. The van der Waals surface area contributed by atoms with Gasteiger partial charge in [0.25, 0.3) is 0 Å². The van der Waals surface area contributed by atoms with Gasteiger partial charge in [-0.05, 0) is 42.5 Å². The molecule has 0 saturated heterocycles. The summed E-state index contributed by atoms with van der Waals surface area (Å²) in [4.78, 5) is 4.37.